The van der Waals surface area contributed by atoms with Gasteiger partial charge in [0.15, 0.2) is 11.4 Å². The van der Waals surface area contributed by atoms with Crippen molar-refractivity contribution in [3.8, 4) is 0 Å². The number of anilines is 2. The average molecular weight is 1180 g/mol. The molecule has 4 nitrogen and oxygen atoms in total. The first-order valence-electron chi connectivity index (χ1n) is 32.6. The van der Waals surface area contributed by atoms with Crippen molar-refractivity contribution >= 4 is 78.9 Å². The number of benzene rings is 6. The van der Waals surface area contributed by atoms with Crippen LogP contribution in [-0.2, 0) is 21.7 Å². The molecule has 0 amide bonds. The van der Waals surface area contributed by atoms with Gasteiger partial charge in [-0.25, -0.2) is 0 Å². The minimum atomic E-state index is -0.181. The fraction of sp³-hybridized carbons (Fsp3) is 0.375. The molecule has 0 radical (unpaired) electrons. The third-order valence-corrected chi connectivity index (χ3v) is 21.5. The third-order valence-electron chi connectivity index (χ3n) is 20.7. The molecule has 2 aliphatic carbocycles. The molecule has 0 saturated carbocycles. The Balaban J connectivity index is 0.810. The smallest absolute Gasteiger partial charge is 0.209 e. The summed E-state index contributed by atoms with van der Waals surface area (Å²) in [5, 5.41) is 6.33. The van der Waals surface area contributed by atoms with E-state index in [9.17, 15) is 0 Å². The Kier molecular flexibility index (Phi) is 16.7. The predicted octanol–water partition coefficient (Wildman–Crippen LogP) is 21.2. The number of hydrogen-bond donors (Lipinski definition) is 0. The summed E-state index contributed by atoms with van der Waals surface area (Å²) < 4.78 is 4.96. The summed E-state index contributed by atoms with van der Waals surface area (Å²) in [7, 11) is 0. The molecule has 0 bridgehead atoms. The zero-order valence-electron chi connectivity index (χ0n) is 53.0. The summed E-state index contributed by atoms with van der Waals surface area (Å²) in [5.74, 6) is 0. The van der Waals surface area contributed by atoms with E-state index >= 15 is 0 Å². The van der Waals surface area contributed by atoms with Gasteiger partial charge in [0.05, 0.1) is 10.8 Å². The normalized spacial score (nSPS) is 24.3. The molecule has 0 saturated heterocycles. The van der Waals surface area contributed by atoms with Crippen LogP contribution in [0.1, 0.15) is 162 Å². The Morgan fingerprint density at radius 1 is 0.523 bits per heavy atom. The number of halogens is 2. The average Bonchev–Trinajstić information content (AvgIpc) is 1.70. The number of unbranched alkanes of at least 4 members (excludes halogenated alkanes) is 3. The van der Waals surface area contributed by atoms with Crippen molar-refractivity contribution in [2.45, 2.75) is 167 Å². The van der Waals surface area contributed by atoms with E-state index in [1.807, 2.05) is 0 Å². The van der Waals surface area contributed by atoms with Gasteiger partial charge in [0.1, 0.15) is 13.1 Å². The molecule has 4 heterocycles. The van der Waals surface area contributed by atoms with Gasteiger partial charge in [-0.3, -0.25) is 0 Å². The number of likely N-dealkylation sites (N-methyl/N-ethyl adjacent to an activating group) is 2. The van der Waals surface area contributed by atoms with Gasteiger partial charge in [-0.1, -0.05) is 165 Å². The van der Waals surface area contributed by atoms with Gasteiger partial charge in [0, 0.05) is 92.5 Å². The monoisotopic (exact) mass is 1180 g/mol. The summed E-state index contributed by atoms with van der Waals surface area (Å²) in [5.41, 5.74) is 21.1. The summed E-state index contributed by atoms with van der Waals surface area (Å²) in [6.45, 7) is 27.3. The molecule has 0 spiro atoms. The Bertz CT molecular complexity index is 3990. The number of para-hydroxylation sites is 2. The lowest BCUT2D eigenvalue weighted by Gasteiger charge is -2.31. The Labute approximate surface area is 524 Å². The van der Waals surface area contributed by atoms with Crippen LogP contribution in [0, 0.1) is 0 Å². The van der Waals surface area contributed by atoms with Crippen molar-refractivity contribution < 1.29 is 9.15 Å². The lowest BCUT2D eigenvalue weighted by atomic mass is 9.74. The van der Waals surface area contributed by atoms with Crippen molar-refractivity contribution in [2.75, 3.05) is 36.0 Å². The number of rotatable bonds is 17. The summed E-state index contributed by atoms with van der Waals surface area (Å²) in [6, 6.07) is 45.3. The molecule has 0 fully saturated rings. The van der Waals surface area contributed by atoms with Gasteiger partial charge >= 0.3 is 0 Å². The van der Waals surface area contributed by atoms with Crippen molar-refractivity contribution in [2.24, 2.45) is 0 Å². The van der Waals surface area contributed by atoms with E-state index in [-0.39, 0.29) is 27.0 Å². The van der Waals surface area contributed by atoms with E-state index in [1.165, 1.54) is 124 Å². The highest BCUT2D eigenvalue weighted by Gasteiger charge is 2.47. The van der Waals surface area contributed by atoms with Crippen LogP contribution >= 0.6 is 23.2 Å². The molecule has 6 aromatic carbocycles. The van der Waals surface area contributed by atoms with Crippen LogP contribution in [0.3, 0.4) is 0 Å². The van der Waals surface area contributed by atoms with E-state index in [2.05, 4.69) is 264 Å². The molecule has 0 aromatic heterocycles. The van der Waals surface area contributed by atoms with Crippen LogP contribution in [0.25, 0.3) is 21.5 Å². The minimum Gasteiger partial charge on any atom is -0.344 e. The van der Waals surface area contributed by atoms with Gasteiger partial charge in [0.25, 0.3) is 0 Å². The largest absolute Gasteiger partial charge is 0.344 e. The predicted molar refractivity (Wildman–Crippen MR) is 371 cm³/mol. The number of alkyl halides is 1. The van der Waals surface area contributed by atoms with E-state index in [0.717, 1.165) is 89.0 Å². The second-order valence-electron chi connectivity index (χ2n) is 26.6. The summed E-state index contributed by atoms with van der Waals surface area (Å²) >= 11 is 14.7. The maximum Gasteiger partial charge on any atom is 0.209 e. The number of hydrogen-bond acceptors (Lipinski definition) is 2. The van der Waals surface area contributed by atoms with Crippen molar-refractivity contribution in [1.29, 1.82) is 0 Å². The van der Waals surface area contributed by atoms with E-state index in [4.69, 9.17) is 23.2 Å². The second kappa shape index (κ2) is 24.1. The topological polar surface area (TPSA) is 12.5 Å². The first-order chi connectivity index (χ1) is 41.6. The molecular weight excluding hydrogens is 1090 g/mol. The van der Waals surface area contributed by atoms with Crippen molar-refractivity contribution in [3.63, 3.8) is 0 Å². The minimum absolute atomic E-state index is 0.0469. The van der Waals surface area contributed by atoms with Crippen LogP contribution < -0.4 is 9.80 Å². The molecule has 0 N–H and O–H groups in total. The number of nitrogens with zero attached hydrogens (tertiary/aromatic N) is 4. The van der Waals surface area contributed by atoms with Gasteiger partial charge in [-0.15, -0.1) is 11.6 Å². The summed E-state index contributed by atoms with van der Waals surface area (Å²) in [6.07, 6.45) is 33.1. The molecule has 6 aliphatic rings. The molecule has 4 aliphatic heterocycles. The number of allylic oxidation sites excluding steroid dienone is 16. The molecule has 3 unspecified atom stereocenters. The van der Waals surface area contributed by atoms with Gasteiger partial charge in [0.2, 0.25) is 11.4 Å². The molecule has 6 aromatic rings. The molecular formula is C80H90Cl2N4+2. The van der Waals surface area contributed by atoms with Crippen LogP contribution in [0.4, 0.5) is 22.7 Å². The highest BCUT2D eigenvalue weighted by Crippen LogP contribution is 2.56. The maximum atomic E-state index is 7.52. The van der Waals surface area contributed by atoms with Crippen LogP contribution in [-0.4, -0.2) is 52.1 Å². The van der Waals surface area contributed by atoms with E-state index < -0.39 is 0 Å². The summed E-state index contributed by atoms with van der Waals surface area (Å²) in [4.78, 5) is 5.21. The van der Waals surface area contributed by atoms with Crippen molar-refractivity contribution in [3.05, 3.63) is 237 Å². The fourth-order valence-electron chi connectivity index (χ4n) is 16.4. The quantitative estimate of drug-likeness (QED) is 0.0513. The van der Waals surface area contributed by atoms with Gasteiger partial charge in [-0.05, 0) is 193 Å². The van der Waals surface area contributed by atoms with E-state index in [0.29, 0.717) is 0 Å². The first-order valence-corrected chi connectivity index (χ1v) is 33.4. The highest BCUT2D eigenvalue weighted by atomic mass is 35.5. The molecule has 86 heavy (non-hydrogen) atoms. The van der Waals surface area contributed by atoms with Crippen molar-refractivity contribution in [1.82, 2.24) is 0 Å². The molecule has 3 atom stereocenters. The van der Waals surface area contributed by atoms with Crippen LogP contribution in [0.15, 0.2) is 215 Å². The molecule has 6 heteroatoms. The van der Waals surface area contributed by atoms with Gasteiger partial charge < -0.3 is 9.80 Å². The standard InChI is InChI=1S/C80H90Cl2N4/c1-11-83-66-36-23-21-34-64(66)77(5,6)70(83)46-38-55-52-56(54-61(81)53-55)39-47-72-79(9,74-62-32-19-17-28-57(62)40-44-68(74)85(72)13-3)50-25-15-16-26-51-80(10)73(86(14-4)69-45-41-58-29-18-20-33-63(58)75(69)80)49-43-60-31-27-30-59(76(60)82)42-48-71-78(7,8)65-35-22-24-37-67(65)84(71)12-2/h17-24,28-29,32-49,52,61H,11-16,25-27,30-31,50-51,53-54H2,1-10H3/q+2. The maximum absolute atomic E-state index is 7.52. The third kappa shape index (κ3) is 10.4. The fourth-order valence-corrected chi connectivity index (χ4v) is 17.0. The van der Waals surface area contributed by atoms with Crippen LogP contribution in [0.2, 0.25) is 0 Å². The SMILES string of the molecule is CCN1C(=CC=C2C=C(C=CC3=[N+](CC)c4ccccc4C3(C)C)CC(Cl)C2)C(C)(CCCCCCC2(C)C(=CC=C3CCCC(C=CC4=[N+](CC)c5ccccc5C4(C)C)=C3Cl)N(CC)c3ccc4ccccc4c32)c2c1ccc1ccccc21. The lowest BCUT2D eigenvalue weighted by Crippen LogP contribution is -2.29. The number of fused-ring (bicyclic) bond motifs is 8. The molecule has 442 valence electrons. The van der Waals surface area contributed by atoms with Gasteiger partial charge in [-0.2, -0.15) is 9.15 Å². The van der Waals surface area contributed by atoms with E-state index in [1.54, 1.807) is 0 Å². The molecule has 12 rings (SSSR count). The zero-order valence-corrected chi connectivity index (χ0v) is 54.5. The zero-order chi connectivity index (χ0) is 60.1. The van der Waals surface area contributed by atoms with Crippen LogP contribution in [0.5, 0.6) is 0 Å². The Hall–Kier alpha value is -6.72. The Morgan fingerprint density at radius 2 is 1.01 bits per heavy atom. The first kappa shape index (κ1) is 59.6. The highest BCUT2D eigenvalue weighted by molar-refractivity contribution is 6.32. The second-order valence-corrected chi connectivity index (χ2v) is 27.6. The Morgan fingerprint density at radius 3 is 1.53 bits per heavy atom. The lowest BCUT2D eigenvalue weighted by molar-refractivity contribution is -0.433.